The summed E-state index contributed by atoms with van der Waals surface area (Å²) in [5, 5.41) is 4.91. The van der Waals surface area contributed by atoms with Crippen molar-refractivity contribution >= 4 is 28.9 Å². The van der Waals surface area contributed by atoms with Gasteiger partial charge < -0.3 is 34.4 Å². The molecule has 0 radical (unpaired) electrons. The summed E-state index contributed by atoms with van der Waals surface area (Å²) in [5.74, 6) is 1.11. The van der Waals surface area contributed by atoms with Crippen LogP contribution in [-0.4, -0.2) is 86.5 Å². The number of fused-ring (bicyclic) bond motifs is 1. The highest BCUT2D eigenvalue weighted by Gasteiger charge is 2.46. The Kier molecular flexibility index (Phi) is 10.2. The van der Waals surface area contributed by atoms with Crippen LogP contribution in [0.4, 0.5) is 9.59 Å². The molecule has 4 heterocycles. The number of alkyl carbamates (subject to hydrolysis) is 1. The van der Waals surface area contributed by atoms with Gasteiger partial charge in [0.15, 0.2) is 0 Å². The predicted octanol–water partition coefficient (Wildman–Crippen LogP) is 7.77. The fourth-order valence-electron chi connectivity index (χ4n) is 7.43. The summed E-state index contributed by atoms with van der Waals surface area (Å²) >= 11 is 0. The summed E-state index contributed by atoms with van der Waals surface area (Å²) in [5.41, 5.74) is 4.61. The van der Waals surface area contributed by atoms with Crippen LogP contribution < -0.4 is 5.32 Å². The van der Waals surface area contributed by atoms with Crippen molar-refractivity contribution in [1.82, 2.24) is 35.1 Å². The zero-order chi connectivity index (χ0) is 39.1. The van der Waals surface area contributed by atoms with E-state index in [-0.39, 0.29) is 24.6 Å². The van der Waals surface area contributed by atoms with Gasteiger partial charge in [-0.1, -0.05) is 62.4 Å². The highest BCUT2D eigenvalue weighted by atomic mass is 16.6. The number of carbonyl (C=O) groups is 3. The van der Waals surface area contributed by atoms with Gasteiger partial charge in [-0.25, -0.2) is 19.6 Å². The van der Waals surface area contributed by atoms with Gasteiger partial charge in [0.2, 0.25) is 5.91 Å². The molecule has 2 aliphatic rings. The summed E-state index contributed by atoms with van der Waals surface area (Å²) in [6.45, 7) is 12.4. The number of imidazole rings is 2. The minimum atomic E-state index is -0.704. The highest BCUT2D eigenvalue weighted by Crippen LogP contribution is 2.39. The van der Waals surface area contributed by atoms with Crippen LogP contribution >= 0.6 is 0 Å². The van der Waals surface area contributed by atoms with Gasteiger partial charge in [-0.15, -0.1) is 0 Å². The van der Waals surface area contributed by atoms with E-state index in [1.165, 1.54) is 7.11 Å². The highest BCUT2D eigenvalue weighted by molar-refractivity contribution is 5.91. The normalized spacial score (nSPS) is 19.2. The first kappa shape index (κ1) is 37.6. The zero-order valence-corrected chi connectivity index (χ0v) is 32.4. The molecule has 13 heteroatoms. The molecule has 288 valence electrons. The molecular weight excluding hydrogens is 699 g/mol. The molecule has 0 spiro atoms. The monoisotopic (exact) mass is 747 g/mol. The number of ether oxygens (including phenoxy) is 3. The van der Waals surface area contributed by atoms with Crippen molar-refractivity contribution in [2.45, 2.75) is 77.6 Å². The number of aromatic nitrogens is 4. The molecule has 3 aromatic carbocycles. The lowest BCUT2D eigenvalue weighted by Gasteiger charge is -2.37. The van der Waals surface area contributed by atoms with Crippen LogP contribution in [0.1, 0.15) is 72.1 Å². The minimum absolute atomic E-state index is 0.115. The second-order valence-corrected chi connectivity index (χ2v) is 15.9. The Bertz CT molecular complexity index is 2200. The molecule has 55 heavy (non-hydrogen) atoms. The summed E-state index contributed by atoms with van der Waals surface area (Å²) in [7, 11) is 1.29. The Hall–Kier alpha value is -5.69. The predicted molar refractivity (Wildman–Crippen MR) is 209 cm³/mol. The minimum Gasteiger partial charge on any atom is -0.453 e. The second-order valence-electron chi connectivity index (χ2n) is 15.9. The van der Waals surface area contributed by atoms with Crippen LogP contribution in [0.3, 0.4) is 0 Å². The summed E-state index contributed by atoms with van der Waals surface area (Å²) in [4.78, 5) is 58.2. The Morgan fingerprint density at radius 1 is 0.909 bits per heavy atom. The maximum atomic E-state index is 13.8. The van der Waals surface area contributed by atoms with Crippen LogP contribution in [0.15, 0.2) is 73.1 Å². The largest absolute Gasteiger partial charge is 0.453 e. The molecule has 13 nitrogen and oxygen atoms in total. The van der Waals surface area contributed by atoms with Crippen LogP contribution in [0.25, 0.3) is 44.4 Å². The number of likely N-dealkylation sites (tertiary alicyclic amines) is 1. The SMILES string of the molecule is COC(=O)N[C@H](C(=O)N1CCC[C@@]1(C)c1ncc(-c2ccc3cc(-c4ccc(-c5cnc([C@@H]6COCN6C(=O)OC(C)(C)C)[nH]5)cc4)ccc3c2)[nH]1)C(C)C. The van der Waals surface area contributed by atoms with E-state index in [9.17, 15) is 14.4 Å². The molecule has 0 bridgehead atoms. The van der Waals surface area contributed by atoms with Gasteiger partial charge in [-0.3, -0.25) is 9.69 Å². The topological polar surface area (TPSA) is 155 Å². The molecule has 2 aliphatic heterocycles. The van der Waals surface area contributed by atoms with Crippen molar-refractivity contribution in [3.05, 3.63) is 84.7 Å². The molecule has 0 aliphatic carbocycles. The molecule has 0 saturated carbocycles. The molecule has 0 unspecified atom stereocenters. The number of rotatable bonds is 8. The van der Waals surface area contributed by atoms with Crippen LogP contribution in [-0.2, 0) is 24.5 Å². The third kappa shape index (κ3) is 7.66. The van der Waals surface area contributed by atoms with Crippen molar-refractivity contribution < 1.29 is 28.6 Å². The first-order chi connectivity index (χ1) is 26.2. The average molecular weight is 748 g/mol. The lowest BCUT2D eigenvalue weighted by molar-refractivity contribution is -0.138. The number of amides is 3. The number of benzene rings is 3. The van der Waals surface area contributed by atoms with E-state index in [1.807, 2.05) is 52.6 Å². The van der Waals surface area contributed by atoms with Gasteiger partial charge in [0.1, 0.15) is 36.1 Å². The molecule has 2 saturated heterocycles. The molecule has 2 fully saturated rings. The van der Waals surface area contributed by atoms with Crippen molar-refractivity contribution in [2.75, 3.05) is 27.0 Å². The van der Waals surface area contributed by atoms with Crippen molar-refractivity contribution in [1.29, 1.82) is 0 Å². The Morgan fingerprint density at radius 3 is 2.24 bits per heavy atom. The van der Waals surface area contributed by atoms with Gasteiger partial charge in [-0.2, -0.15) is 0 Å². The van der Waals surface area contributed by atoms with Gasteiger partial charge in [0.25, 0.3) is 0 Å². The van der Waals surface area contributed by atoms with Gasteiger partial charge in [-0.05, 0) is 86.1 Å². The Labute approximate surface area is 320 Å². The van der Waals surface area contributed by atoms with Crippen molar-refractivity contribution in [3.8, 4) is 33.6 Å². The van der Waals surface area contributed by atoms with E-state index < -0.39 is 29.4 Å². The molecular formula is C42H49N7O6. The summed E-state index contributed by atoms with van der Waals surface area (Å²) in [6.07, 6.45) is 4.14. The van der Waals surface area contributed by atoms with Crippen molar-refractivity contribution in [2.24, 2.45) is 5.92 Å². The van der Waals surface area contributed by atoms with Crippen LogP contribution in [0.2, 0.25) is 0 Å². The number of nitrogens with one attached hydrogen (secondary N) is 3. The van der Waals surface area contributed by atoms with E-state index in [0.29, 0.717) is 19.0 Å². The number of hydrogen-bond donors (Lipinski definition) is 3. The maximum absolute atomic E-state index is 13.8. The Morgan fingerprint density at radius 2 is 1.55 bits per heavy atom. The molecule has 7 rings (SSSR count). The second kappa shape index (κ2) is 14.9. The number of hydrogen-bond acceptors (Lipinski definition) is 8. The third-order valence-electron chi connectivity index (χ3n) is 10.5. The van der Waals surface area contributed by atoms with E-state index >= 15 is 0 Å². The number of carbonyl (C=O) groups excluding carboxylic acids is 3. The fraction of sp³-hybridized carbons (Fsp3) is 0.405. The molecule has 3 amide bonds. The van der Waals surface area contributed by atoms with Crippen LogP contribution in [0, 0.1) is 5.92 Å². The third-order valence-corrected chi connectivity index (χ3v) is 10.5. The van der Waals surface area contributed by atoms with E-state index in [4.69, 9.17) is 19.2 Å². The molecule has 5 aromatic rings. The summed E-state index contributed by atoms with van der Waals surface area (Å²) < 4.78 is 15.9. The molecule has 3 atom stereocenters. The smallest absolute Gasteiger partial charge is 0.412 e. The van der Waals surface area contributed by atoms with E-state index in [2.05, 4.69) is 80.9 Å². The van der Waals surface area contributed by atoms with Gasteiger partial charge in [0.05, 0.1) is 43.0 Å². The quantitative estimate of drug-likeness (QED) is 0.146. The number of H-pyrrole nitrogens is 2. The lowest BCUT2D eigenvalue weighted by atomic mass is 9.95. The van der Waals surface area contributed by atoms with E-state index in [1.54, 1.807) is 11.1 Å². The number of nitrogens with zero attached hydrogens (tertiary/aromatic N) is 4. The number of aromatic amines is 2. The lowest BCUT2D eigenvalue weighted by Crippen LogP contribution is -2.55. The fourth-order valence-corrected chi connectivity index (χ4v) is 7.43. The van der Waals surface area contributed by atoms with Gasteiger partial charge in [0, 0.05) is 12.1 Å². The maximum Gasteiger partial charge on any atom is 0.412 e. The molecule has 2 aromatic heterocycles. The standard InChI is InChI=1S/C42H49N7O6/c1-25(2)35(47-39(51)53-7)37(50)49-18-8-17-42(49,6)38-44-22-33(46-38)31-16-15-29-19-28(13-14-30(29)20-31)26-9-11-27(12-10-26)32-21-43-36(45-32)34-23-54-24-48(34)40(52)55-41(3,4)5/h9-16,19-22,25,34-35H,8,17-18,23-24H2,1-7H3,(H,43,45)(H,44,46)(H,47,51)/t34-,35-,42-/m0/s1. The average Bonchev–Trinajstić information content (AvgIpc) is 3.99. The van der Waals surface area contributed by atoms with Gasteiger partial charge >= 0.3 is 12.2 Å². The zero-order valence-electron chi connectivity index (χ0n) is 32.4. The Balaban J connectivity index is 1.05. The summed E-state index contributed by atoms with van der Waals surface area (Å²) in [6, 6.07) is 20.0. The van der Waals surface area contributed by atoms with E-state index in [0.717, 1.165) is 63.1 Å². The first-order valence-corrected chi connectivity index (χ1v) is 18.7. The van der Waals surface area contributed by atoms with Crippen LogP contribution in [0.5, 0.6) is 0 Å². The first-order valence-electron chi connectivity index (χ1n) is 18.7. The number of methoxy groups -OCH3 is 1. The van der Waals surface area contributed by atoms with Crippen molar-refractivity contribution in [3.63, 3.8) is 0 Å². The molecule has 3 N–H and O–H groups in total.